The number of carbonyl (C=O) groups excluding carboxylic acids is 2. The van der Waals surface area contributed by atoms with E-state index in [0.717, 1.165) is 11.0 Å². The number of phenolic OH excluding ortho intramolecular Hbond substituents is 1. The Kier molecular flexibility index (Phi) is 5.22. The number of non-ortho nitro benzene ring substituents is 1. The van der Waals surface area contributed by atoms with E-state index in [2.05, 4.69) is 0 Å². The van der Waals surface area contributed by atoms with Crippen LogP contribution in [0.25, 0.3) is 5.76 Å². The summed E-state index contributed by atoms with van der Waals surface area (Å²) in [7, 11) is 0. The Bertz CT molecular complexity index is 1250. The number of hydrogen-bond donors (Lipinski definition) is 2. The molecule has 1 saturated heterocycles. The van der Waals surface area contributed by atoms with Crippen LogP contribution in [0.3, 0.4) is 0 Å². The third kappa shape index (κ3) is 3.54. The second-order valence-electron chi connectivity index (χ2n) is 6.62. The van der Waals surface area contributed by atoms with Crippen LogP contribution < -0.4 is 4.90 Å². The number of halogens is 1. The summed E-state index contributed by atoms with van der Waals surface area (Å²) in [5.74, 6) is -2.78. The molecular formula is C21H13ClN2O6S. The molecule has 0 spiro atoms. The molecule has 1 aliphatic rings. The number of carbonyl (C=O) groups is 2. The molecule has 0 radical (unpaired) electrons. The molecule has 1 amide bonds. The first-order valence-electron chi connectivity index (χ1n) is 8.87. The zero-order chi connectivity index (χ0) is 22.3. The highest BCUT2D eigenvalue weighted by Gasteiger charge is 2.48. The number of rotatable bonds is 4. The minimum atomic E-state index is -1.05. The highest BCUT2D eigenvalue weighted by Crippen LogP contribution is 2.46. The fourth-order valence-corrected chi connectivity index (χ4v) is 4.40. The number of anilines is 1. The second-order valence-corrected chi connectivity index (χ2v) is 8.04. The van der Waals surface area contributed by atoms with Gasteiger partial charge >= 0.3 is 0 Å². The molecule has 2 heterocycles. The summed E-state index contributed by atoms with van der Waals surface area (Å²) >= 11 is 7.28. The lowest BCUT2D eigenvalue weighted by atomic mass is 9.99. The van der Waals surface area contributed by atoms with Crippen LogP contribution in [0.15, 0.2) is 65.6 Å². The molecule has 10 heteroatoms. The maximum Gasteiger partial charge on any atom is 0.300 e. The number of amides is 1. The Morgan fingerprint density at radius 3 is 2.58 bits per heavy atom. The van der Waals surface area contributed by atoms with E-state index in [1.54, 1.807) is 17.5 Å². The quantitative estimate of drug-likeness (QED) is 0.194. The van der Waals surface area contributed by atoms with Gasteiger partial charge < -0.3 is 10.2 Å². The predicted octanol–water partition coefficient (Wildman–Crippen LogP) is 4.64. The van der Waals surface area contributed by atoms with Crippen molar-refractivity contribution in [1.82, 2.24) is 0 Å². The first-order valence-corrected chi connectivity index (χ1v) is 10.1. The average molecular weight is 457 g/mol. The van der Waals surface area contributed by atoms with Gasteiger partial charge in [0.05, 0.1) is 16.2 Å². The Labute approximate surface area is 184 Å². The van der Waals surface area contributed by atoms with Gasteiger partial charge in [-0.3, -0.25) is 24.6 Å². The number of aliphatic hydroxyl groups excluding tert-OH is 1. The number of hydrogen-bond acceptors (Lipinski definition) is 7. The Hall–Kier alpha value is -3.69. The van der Waals surface area contributed by atoms with Gasteiger partial charge in [-0.15, -0.1) is 11.3 Å². The van der Waals surface area contributed by atoms with Crippen molar-refractivity contribution in [3.05, 3.63) is 91.1 Å². The Morgan fingerprint density at radius 2 is 1.90 bits per heavy atom. The predicted molar refractivity (Wildman–Crippen MR) is 115 cm³/mol. The molecule has 0 aliphatic carbocycles. The molecule has 3 aromatic rings. The lowest BCUT2D eigenvalue weighted by Crippen LogP contribution is -2.29. The normalized spacial score (nSPS) is 17.8. The van der Waals surface area contributed by atoms with Gasteiger partial charge in [-0.25, -0.2) is 0 Å². The van der Waals surface area contributed by atoms with Crippen molar-refractivity contribution < 1.29 is 24.7 Å². The lowest BCUT2D eigenvalue weighted by molar-refractivity contribution is -0.384. The molecule has 1 aliphatic heterocycles. The molecule has 2 N–H and O–H groups in total. The maximum absolute atomic E-state index is 13.0. The summed E-state index contributed by atoms with van der Waals surface area (Å²) in [4.78, 5) is 38.0. The van der Waals surface area contributed by atoms with Crippen molar-refractivity contribution in [1.29, 1.82) is 0 Å². The zero-order valence-corrected chi connectivity index (χ0v) is 17.1. The van der Waals surface area contributed by atoms with Crippen LogP contribution in [0.2, 0.25) is 5.02 Å². The first-order chi connectivity index (χ1) is 14.8. The number of nitro benzene ring substituents is 1. The summed E-state index contributed by atoms with van der Waals surface area (Å²) in [6.07, 6.45) is 0. The van der Waals surface area contributed by atoms with Gasteiger partial charge in [0, 0.05) is 27.6 Å². The molecule has 1 aromatic heterocycles. The van der Waals surface area contributed by atoms with Gasteiger partial charge in [-0.05, 0) is 29.6 Å². The van der Waals surface area contributed by atoms with Crippen molar-refractivity contribution in [2.45, 2.75) is 6.04 Å². The summed E-state index contributed by atoms with van der Waals surface area (Å²) in [5, 5.41) is 34.4. The van der Waals surface area contributed by atoms with Crippen LogP contribution in [0.4, 0.5) is 11.4 Å². The molecule has 31 heavy (non-hydrogen) atoms. The van der Waals surface area contributed by atoms with Gasteiger partial charge in [0.1, 0.15) is 17.6 Å². The van der Waals surface area contributed by atoms with Crippen molar-refractivity contribution in [3.63, 3.8) is 0 Å². The summed E-state index contributed by atoms with van der Waals surface area (Å²) in [5.41, 5.74) is -0.499. The molecule has 0 saturated carbocycles. The molecule has 1 unspecified atom stereocenters. The van der Waals surface area contributed by atoms with Gasteiger partial charge in [-0.2, -0.15) is 0 Å². The van der Waals surface area contributed by atoms with Crippen LogP contribution in [0.1, 0.15) is 16.5 Å². The minimum absolute atomic E-state index is 0.00564. The fourth-order valence-electron chi connectivity index (χ4n) is 3.41. The molecule has 156 valence electrons. The Morgan fingerprint density at radius 1 is 1.13 bits per heavy atom. The summed E-state index contributed by atoms with van der Waals surface area (Å²) in [6, 6.07) is 11.5. The monoisotopic (exact) mass is 456 g/mol. The van der Waals surface area contributed by atoms with Crippen LogP contribution in [-0.2, 0) is 9.59 Å². The van der Waals surface area contributed by atoms with E-state index in [0.29, 0.717) is 4.88 Å². The van der Waals surface area contributed by atoms with E-state index < -0.39 is 28.4 Å². The summed E-state index contributed by atoms with van der Waals surface area (Å²) < 4.78 is 0. The topological polar surface area (TPSA) is 121 Å². The number of aromatic hydroxyl groups is 1. The number of aliphatic hydroxyl groups is 1. The zero-order valence-electron chi connectivity index (χ0n) is 15.6. The number of nitro groups is 1. The molecule has 1 atom stereocenters. The SMILES string of the molecule is O=C1C(=O)N(c2cc(Cl)ccc2O)C(c2cccs2)/C1=C(/O)c1cccc([N+](=O)[O-])c1. The first kappa shape index (κ1) is 20.6. The van der Waals surface area contributed by atoms with Crippen LogP contribution in [0, 0.1) is 10.1 Å². The Balaban J connectivity index is 1.95. The van der Waals surface area contributed by atoms with Gasteiger partial charge in [0.2, 0.25) is 0 Å². The smallest absolute Gasteiger partial charge is 0.300 e. The third-order valence-electron chi connectivity index (χ3n) is 4.78. The molecule has 8 nitrogen and oxygen atoms in total. The fraction of sp³-hybridized carbons (Fsp3) is 0.0476. The standard InChI is InChI=1S/C21H13ClN2O6S/c22-12-6-7-15(25)14(10-12)23-18(16-5-2-8-31-16)17(20(27)21(23)28)19(26)11-3-1-4-13(9-11)24(29)30/h1-10,18,25-26H/b19-17-. The third-order valence-corrected chi connectivity index (χ3v) is 5.94. The van der Waals surface area contributed by atoms with Crippen molar-refractivity contribution in [2.24, 2.45) is 0 Å². The molecule has 4 rings (SSSR count). The van der Waals surface area contributed by atoms with Crippen LogP contribution in [-0.4, -0.2) is 26.8 Å². The number of ketones is 1. The maximum atomic E-state index is 13.0. The van der Waals surface area contributed by atoms with Crippen LogP contribution >= 0.6 is 22.9 Å². The number of nitrogens with zero attached hydrogens (tertiary/aromatic N) is 2. The van der Waals surface area contributed by atoms with Crippen LogP contribution in [0.5, 0.6) is 5.75 Å². The van der Waals surface area contributed by atoms with E-state index in [1.807, 2.05) is 0 Å². The van der Waals surface area contributed by atoms with Gasteiger partial charge in [0.15, 0.2) is 0 Å². The second kappa shape index (κ2) is 7.86. The molecule has 2 aromatic carbocycles. The lowest BCUT2D eigenvalue weighted by Gasteiger charge is -2.25. The average Bonchev–Trinajstić information content (AvgIpc) is 3.37. The molecular weight excluding hydrogens is 444 g/mol. The number of phenols is 1. The van der Waals surface area contributed by atoms with E-state index in [1.165, 1.54) is 47.7 Å². The van der Waals surface area contributed by atoms with Crippen molar-refractivity contribution in [2.75, 3.05) is 4.90 Å². The van der Waals surface area contributed by atoms with Gasteiger partial charge in [-0.1, -0.05) is 29.8 Å². The van der Waals surface area contributed by atoms with E-state index in [9.17, 15) is 29.9 Å². The number of thiophene rings is 1. The van der Waals surface area contributed by atoms with E-state index in [-0.39, 0.29) is 33.3 Å². The van der Waals surface area contributed by atoms with Crippen molar-refractivity contribution >= 4 is 51.8 Å². The molecule has 0 bridgehead atoms. The van der Waals surface area contributed by atoms with E-state index >= 15 is 0 Å². The van der Waals surface area contributed by atoms with Gasteiger partial charge in [0.25, 0.3) is 17.4 Å². The largest absolute Gasteiger partial charge is 0.507 e. The highest BCUT2D eigenvalue weighted by atomic mass is 35.5. The highest BCUT2D eigenvalue weighted by molar-refractivity contribution is 7.10. The van der Waals surface area contributed by atoms with E-state index in [4.69, 9.17) is 11.6 Å². The number of benzene rings is 2. The molecule has 1 fully saturated rings. The minimum Gasteiger partial charge on any atom is -0.507 e. The van der Waals surface area contributed by atoms with Crippen molar-refractivity contribution in [3.8, 4) is 5.75 Å². The summed E-state index contributed by atoms with van der Waals surface area (Å²) in [6.45, 7) is 0. The number of Topliss-reactive ketones (excluding diaryl/α,β-unsaturated/α-hetero) is 1.